The number of carbonyl (C=O) groups excluding carboxylic acids is 2. The second kappa shape index (κ2) is 11.3. The number of aromatic nitrogens is 2. The minimum absolute atomic E-state index is 0.0745. The van der Waals surface area contributed by atoms with Gasteiger partial charge in [0.1, 0.15) is 28.8 Å². The standard InChI is InChI=1S/C32H28N4O4/c1-4-14-39-25-12-13-27(21(2)16-25)30-23(19-36(34-30)24-9-6-5-7-10-24)17-28-22(3)29(18-33)32(38)35(31(28)37)20-26-11-8-15-40-26/h5-13,15-17,19H,4,14,20H2,1-3H3/b28-17+. The van der Waals surface area contributed by atoms with Gasteiger partial charge in [0.2, 0.25) is 0 Å². The Labute approximate surface area is 232 Å². The Morgan fingerprint density at radius 3 is 2.52 bits per heavy atom. The maximum atomic E-state index is 13.7. The smallest absolute Gasteiger partial charge is 0.272 e. The molecule has 8 nitrogen and oxygen atoms in total. The molecule has 0 saturated heterocycles. The van der Waals surface area contributed by atoms with Gasteiger partial charge in [0.25, 0.3) is 11.8 Å². The average molecular weight is 533 g/mol. The number of hydrogen-bond acceptors (Lipinski definition) is 6. The average Bonchev–Trinajstić information content (AvgIpc) is 3.63. The molecule has 1 aliphatic heterocycles. The summed E-state index contributed by atoms with van der Waals surface area (Å²) in [5, 5.41) is 14.7. The highest BCUT2D eigenvalue weighted by atomic mass is 16.5. The van der Waals surface area contributed by atoms with E-state index in [1.54, 1.807) is 29.8 Å². The normalized spacial score (nSPS) is 14.7. The van der Waals surface area contributed by atoms with Crippen LogP contribution >= 0.6 is 0 Å². The molecular formula is C32H28N4O4. The number of nitriles is 1. The van der Waals surface area contributed by atoms with Crippen LogP contribution in [0.3, 0.4) is 0 Å². The predicted octanol–water partition coefficient (Wildman–Crippen LogP) is 6.02. The molecule has 2 aromatic heterocycles. The molecule has 8 heteroatoms. The molecule has 0 unspecified atom stereocenters. The quantitative estimate of drug-likeness (QED) is 0.203. The van der Waals surface area contributed by atoms with Gasteiger partial charge in [0.15, 0.2) is 0 Å². The van der Waals surface area contributed by atoms with Gasteiger partial charge in [0, 0.05) is 22.9 Å². The van der Waals surface area contributed by atoms with E-state index in [-0.39, 0.29) is 17.7 Å². The van der Waals surface area contributed by atoms with Crippen LogP contribution < -0.4 is 4.74 Å². The van der Waals surface area contributed by atoms with Crippen LogP contribution in [0.15, 0.2) is 94.3 Å². The minimum Gasteiger partial charge on any atom is -0.494 e. The highest BCUT2D eigenvalue weighted by Crippen LogP contribution is 2.34. The van der Waals surface area contributed by atoms with E-state index in [0.29, 0.717) is 29.2 Å². The monoisotopic (exact) mass is 532 g/mol. The second-order valence-corrected chi connectivity index (χ2v) is 9.48. The van der Waals surface area contributed by atoms with Gasteiger partial charge in [-0.1, -0.05) is 25.1 Å². The topological polar surface area (TPSA) is 101 Å². The van der Waals surface area contributed by atoms with Gasteiger partial charge in [-0.2, -0.15) is 10.4 Å². The van der Waals surface area contributed by atoms with Crippen molar-refractivity contribution in [1.82, 2.24) is 14.7 Å². The third-order valence-electron chi connectivity index (χ3n) is 6.71. The fourth-order valence-corrected chi connectivity index (χ4v) is 4.61. The molecule has 0 saturated carbocycles. The molecular weight excluding hydrogens is 504 g/mol. The summed E-state index contributed by atoms with van der Waals surface area (Å²) in [5.41, 5.74) is 4.50. The van der Waals surface area contributed by atoms with E-state index in [0.717, 1.165) is 33.9 Å². The number of para-hydroxylation sites is 1. The van der Waals surface area contributed by atoms with Crippen LogP contribution in [0.1, 0.15) is 37.2 Å². The Morgan fingerprint density at radius 1 is 1.05 bits per heavy atom. The van der Waals surface area contributed by atoms with E-state index < -0.39 is 11.8 Å². The Balaban J connectivity index is 1.65. The van der Waals surface area contributed by atoms with Crippen molar-refractivity contribution in [3.63, 3.8) is 0 Å². The fraction of sp³-hybridized carbons (Fsp3) is 0.188. The molecule has 40 heavy (non-hydrogen) atoms. The predicted molar refractivity (Wildman–Crippen MR) is 150 cm³/mol. The van der Waals surface area contributed by atoms with Crippen LogP contribution in [0.2, 0.25) is 0 Å². The summed E-state index contributed by atoms with van der Waals surface area (Å²) in [5.74, 6) is 0.0718. The van der Waals surface area contributed by atoms with Crippen molar-refractivity contribution in [2.75, 3.05) is 6.61 Å². The zero-order valence-corrected chi connectivity index (χ0v) is 22.5. The number of carbonyl (C=O) groups is 2. The van der Waals surface area contributed by atoms with E-state index >= 15 is 0 Å². The number of amides is 2. The van der Waals surface area contributed by atoms with Crippen LogP contribution in [0.4, 0.5) is 0 Å². The third-order valence-corrected chi connectivity index (χ3v) is 6.71. The number of hydrogen-bond donors (Lipinski definition) is 0. The number of benzene rings is 2. The van der Waals surface area contributed by atoms with E-state index in [2.05, 4.69) is 6.92 Å². The molecule has 200 valence electrons. The zero-order valence-electron chi connectivity index (χ0n) is 22.5. The lowest BCUT2D eigenvalue weighted by atomic mass is 9.92. The van der Waals surface area contributed by atoms with Crippen molar-refractivity contribution < 1.29 is 18.7 Å². The largest absolute Gasteiger partial charge is 0.494 e. The van der Waals surface area contributed by atoms with Gasteiger partial charge in [-0.15, -0.1) is 0 Å². The molecule has 2 amide bonds. The number of nitrogens with zero attached hydrogens (tertiary/aromatic N) is 4. The first-order valence-electron chi connectivity index (χ1n) is 13.0. The lowest BCUT2D eigenvalue weighted by molar-refractivity contribution is -0.141. The Hall–Kier alpha value is -5.16. The van der Waals surface area contributed by atoms with E-state index in [9.17, 15) is 14.9 Å². The van der Waals surface area contributed by atoms with Crippen molar-refractivity contribution in [1.29, 1.82) is 5.26 Å². The first-order valence-corrected chi connectivity index (χ1v) is 13.0. The Morgan fingerprint density at radius 2 is 1.85 bits per heavy atom. The van der Waals surface area contributed by atoms with E-state index in [1.165, 1.54) is 6.26 Å². The van der Waals surface area contributed by atoms with E-state index in [1.807, 2.05) is 67.7 Å². The Bertz CT molecular complexity index is 1670. The van der Waals surface area contributed by atoms with Crippen molar-refractivity contribution in [2.24, 2.45) is 0 Å². The highest BCUT2D eigenvalue weighted by Gasteiger charge is 2.36. The number of imide groups is 1. The number of rotatable bonds is 8. The summed E-state index contributed by atoms with van der Waals surface area (Å²) >= 11 is 0. The fourth-order valence-electron chi connectivity index (χ4n) is 4.61. The van der Waals surface area contributed by atoms with Crippen molar-refractivity contribution in [2.45, 2.75) is 33.7 Å². The molecule has 0 spiro atoms. The van der Waals surface area contributed by atoms with Gasteiger partial charge >= 0.3 is 0 Å². The van der Waals surface area contributed by atoms with E-state index in [4.69, 9.17) is 14.3 Å². The SMILES string of the molecule is CCCOc1ccc(-c2nn(-c3ccccc3)cc2/C=C2/C(=O)N(Cc3ccco3)C(=O)C(C#N)=C2C)c(C)c1. The first-order chi connectivity index (χ1) is 19.4. The molecule has 0 aliphatic carbocycles. The van der Waals surface area contributed by atoms with Crippen LogP contribution in [-0.4, -0.2) is 33.1 Å². The van der Waals surface area contributed by atoms with Crippen LogP contribution in [-0.2, 0) is 16.1 Å². The summed E-state index contributed by atoms with van der Waals surface area (Å²) < 4.78 is 12.9. The summed E-state index contributed by atoms with van der Waals surface area (Å²) in [6, 6.07) is 20.8. The number of aryl methyl sites for hydroxylation is 1. The zero-order chi connectivity index (χ0) is 28.2. The second-order valence-electron chi connectivity index (χ2n) is 9.48. The van der Waals surface area contributed by atoms with Gasteiger partial charge < -0.3 is 9.15 Å². The summed E-state index contributed by atoms with van der Waals surface area (Å²) in [6.07, 6.45) is 5.94. The van der Waals surface area contributed by atoms with Gasteiger partial charge in [-0.05, 0) is 79.9 Å². The van der Waals surface area contributed by atoms with Gasteiger partial charge in [0.05, 0.1) is 25.1 Å². The summed E-state index contributed by atoms with van der Waals surface area (Å²) in [4.78, 5) is 27.8. The van der Waals surface area contributed by atoms with Crippen LogP contribution in [0, 0.1) is 18.3 Å². The molecule has 0 bridgehead atoms. The summed E-state index contributed by atoms with van der Waals surface area (Å²) in [7, 11) is 0. The molecule has 0 atom stereocenters. The highest BCUT2D eigenvalue weighted by molar-refractivity contribution is 6.19. The molecule has 5 rings (SSSR count). The minimum atomic E-state index is -0.641. The van der Waals surface area contributed by atoms with Crippen molar-refractivity contribution in [3.05, 3.63) is 107 Å². The lowest BCUT2D eigenvalue weighted by Crippen LogP contribution is -2.42. The molecule has 0 radical (unpaired) electrons. The number of ether oxygens (including phenoxy) is 1. The third kappa shape index (κ3) is 5.09. The molecule has 2 aromatic carbocycles. The maximum Gasteiger partial charge on any atom is 0.272 e. The molecule has 3 heterocycles. The van der Waals surface area contributed by atoms with Crippen molar-refractivity contribution >= 4 is 17.9 Å². The maximum absolute atomic E-state index is 13.7. The molecule has 4 aromatic rings. The van der Waals surface area contributed by atoms with Crippen molar-refractivity contribution in [3.8, 4) is 28.8 Å². The lowest BCUT2D eigenvalue weighted by Gasteiger charge is -2.26. The van der Waals surface area contributed by atoms with Gasteiger partial charge in [-0.25, -0.2) is 4.68 Å². The first kappa shape index (κ1) is 26.4. The molecule has 0 N–H and O–H groups in total. The van der Waals surface area contributed by atoms with Gasteiger partial charge in [-0.3, -0.25) is 14.5 Å². The molecule has 0 fully saturated rings. The molecule has 1 aliphatic rings. The summed E-state index contributed by atoms with van der Waals surface area (Å²) in [6.45, 7) is 6.22. The number of furan rings is 1. The Kier molecular flexibility index (Phi) is 7.47. The van der Waals surface area contributed by atoms with Crippen LogP contribution in [0.5, 0.6) is 5.75 Å². The van der Waals surface area contributed by atoms with Crippen LogP contribution in [0.25, 0.3) is 23.0 Å².